The van der Waals surface area contributed by atoms with E-state index in [1.807, 2.05) is 130 Å². The van der Waals surface area contributed by atoms with Gasteiger partial charge in [-0.15, -0.1) is 0 Å². The second-order valence-corrected chi connectivity index (χ2v) is 44.5. The van der Waals surface area contributed by atoms with Crippen LogP contribution in [-0.2, 0) is 69.0 Å². The third-order valence-corrected chi connectivity index (χ3v) is 35.0. The Balaban J connectivity index is 0.690. The zero-order chi connectivity index (χ0) is 80.2. The summed E-state index contributed by atoms with van der Waals surface area (Å²) in [6.07, 6.45) is 0. The maximum atomic E-state index is 5.22. The molecule has 6 nitrogen and oxygen atoms in total. The summed E-state index contributed by atoms with van der Waals surface area (Å²) in [6, 6.07) is 122. The molecule has 0 aliphatic carbocycles. The first-order chi connectivity index (χ1) is 59.3. The van der Waals surface area contributed by atoms with E-state index >= 15 is 0 Å². The standard InChI is InChI=1S/C102H78N6S12/c1-25-79-26-2-67(1)55-109-110-56-68-3-27-80(28-4-68)92-51-95-54-96(52-92)84-35-11-72(12-36-84)60-114-118-64-76-19-43-88(44-20-76)100-104-98-86-39-15-74(16-40-86)62-116-112-58-70-7-31-82(32-8-70)94-50-91(79)49-93(53-94)81-29-5-69(6-30-81)57-111-115-61-73-13-37-85(38-14-73)97-103-99(87-41-17-75(18-42-87)63-117-113-59-71-9-33-83(95)34-10-71)107-101(105-97)89-45-21-77(22-46-89)65-119-120-66-78-23-47-90(48-24-78)102(106-98)108-100/h1-54H,55-66H2. The monoisotopic (exact) mass is 1770 g/mol. The lowest BCUT2D eigenvalue weighted by atomic mass is 9.92. The molecule has 68 rings (SSSR count). The molecule has 0 radical (unpaired) electrons. The predicted octanol–water partition coefficient (Wildman–Crippen LogP) is 31.5. The summed E-state index contributed by atoms with van der Waals surface area (Å²) in [7, 11) is 22.7. The zero-order valence-corrected chi connectivity index (χ0v) is 75.0. The highest BCUT2D eigenvalue weighted by Crippen LogP contribution is 2.43. The third kappa shape index (κ3) is 20.6. The van der Waals surface area contributed by atoms with E-state index in [1.54, 1.807) is 0 Å². The van der Waals surface area contributed by atoms with Gasteiger partial charge in [0.25, 0.3) is 0 Å². The van der Waals surface area contributed by atoms with Crippen molar-refractivity contribution >= 4 is 130 Å². The lowest BCUT2D eigenvalue weighted by molar-refractivity contribution is 1.07. The molecule has 0 saturated carbocycles. The van der Waals surface area contributed by atoms with Gasteiger partial charge in [0.2, 0.25) is 0 Å². The molecular weight excluding hydrogens is 1690 g/mol. The molecular formula is C102H78N6S12. The molecule has 36 bridgehead atoms. The molecule has 2 aromatic heterocycles. The van der Waals surface area contributed by atoms with Crippen LogP contribution in [-0.4, -0.2) is 29.9 Å². The molecule has 0 N–H and O–H groups in total. The Bertz CT molecular complexity index is 4790. The second kappa shape index (κ2) is 39.2. The fourth-order valence-electron chi connectivity index (χ4n) is 14.4. The molecule has 0 fully saturated rings. The Morgan fingerprint density at radius 1 is 0.108 bits per heavy atom. The van der Waals surface area contributed by atoms with Crippen LogP contribution in [0.25, 0.3) is 135 Å². The highest BCUT2D eigenvalue weighted by molar-refractivity contribution is 8.77. The molecule has 588 valence electrons. The van der Waals surface area contributed by atoms with E-state index in [2.05, 4.69) is 328 Å². The molecule has 18 heteroatoms. The molecule has 0 saturated heterocycles. The van der Waals surface area contributed by atoms with Crippen molar-refractivity contribution in [3.05, 3.63) is 394 Å². The number of hydrogen-bond acceptors (Lipinski definition) is 18. The maximum Gasteiger partial charge on any atom is 0.164 e. The summed E-state index contributed by atoms with van der Waals surface area (Å²) in [4.78, 5) is 31.3. The van der Waals surface area contributed by atoms with Crippen molar-refractivity contribution < 1.29 is 0 Å². The first-order valence-corrected chi connectivity index (χ1v) is 54.6. The summed E-state index contributed by atoms with van der Waals surface area (Å²) in [5, 5.41) is 0. The highest BCUT2D eigenvalue weighted by atomic mass is 33.1. The fourth-order valence-corrected chi connectivity index (χ4v) is 27.2. The molecule has 0 unspecified atom stereocenters. The van der Waals surface area contributed by atoms with Crippen molar-refractivity contribution in [2.45, 2.75) is 69.0 Å². The summed E-state index contributed by atoms with van der Waals surface area (Å²) < 4.78 is 0. The first kappa shape index (κ1) is 81.0. The molecule has 0 spiro atoms. The van der Waals surface area contributed by atoms with Crippen LogP contribution in [0.4, 0.5) is 0 Å². The number of aromatic nitrogens is 6. The van der Waals surface area contributed by atoms with Gasteiger partial charge >= 0.3 is 0 Å². The van der Waals surface area contributed by atoms with Crippen LogP contribution in [0.5, 0.6) is 0 Å². The minimum Gasteiger partial charge on any atom is -0.208 e. The minimum atomic E-state index is 0.644. The van der Waals surface area contributed by atoms with Crippen LogP contribution >= 0.6 is 130 Å². The largest absolute Gasteiger partial charge is 0.208 e. The van der Waals surface area contributed by atoms with E-state index in [1.165, 1.54) is 134 Å². The Morgan fingerprint density at radius 2 is 0.200 bits per heavy atom. The Kier molecular flexibility index (Phi) is 26.5. The van der Waals surface area contributed by atoms with Gasteiger partial charge in [0.15, 0.2) is 34.9 Å². The lowest BCUT2D eigenvalue weighted by Crippen LogP contribution is -2.00. The van der Waals surface area contributed by atoms with E-state index in [4.69, 9.17) is 29.9 Å². The van der Waals surface area contributed by atoms with Gasteiger partial charge in [-0.05, 0) is 170 Å². The number of nitrogens with zero attached hydrogens (tertiary/aromatic N) is 6. The Labute approximate surface area is 750 Å². The summed E-state index contributed by atoms with van der Waals surface area (Å²) in [5.41, 5.74) is 35.3. The Hall–Kier alpha value is -8.70. The van der Waals surface area contributed by atoms with Crippen molar-refractivity contribution in [2.75, 3.05) is 0 Å². The lowest BCUT2D eigenvalue weighted by Gasteiger charge is -2.13. The summed E-state index contributed by atoms with van der Waals surface area (Å²) in [5.74, 6) is 14.4. The molecule has 52 aliphatic rings. The molecule has 0 amide bonds. The van der Waals surface area contributed by atoms with Gasteiger partial charge in [-0.2, -0.15) is 0 Å². The van der Waals surface area contributed by atoms with Crippen molar-refractivity contribution in [1.29, 1.82) is 0 Å². The van der Waals surface area contributed by atoms with Crippen molar-refractivity contribution in [1.82, 2.24) is 29.9 Å². The van der Waals surface area contributed by atoms with Gasteiger partial charge in [0.05, 0.1) is 0 Å². The van der Waals surface area contributed by atoms with Crippen LogP contribution < -0.4 is 0 Å². The summed E-state index contributed by atoms with van der Waals surface area (Å²) >= 11 is 0. The van der Waals surface area contributed by atoms with Gasteiger partial charge in [0.1, 0.15) is 0 Å². The number of benzene rings is 14. The average Bonchev–Trinajstić information content (AvgIpc) is 0.811. The van der Waals surface area contributed by atoms with Crippen LogP contribution in [0.1, 0.15) is 66.8 Å². The SMILES string of the molecule is c1cc2ccc1CSSCc1ccc(cc1)-c1cc3cc(c1)-c1ccc(cc1)CSSCc1ccc(cc1)-c1nc4nc(n1)-c1ccc(cc1)CSSCc1ccc(cc1)-c1nc(nc(n1)-c1ccc(cc1)CSSCc1ccc-3cc1)-c1ccc(cc1)CSSCc1ccc(cc1)-c1cc-2cc(c1)-c1ccc(cc1)CSSCc1ccc-4cc1. The van der Waals surface area contributed by atoms with Crippen LogP contribution in [0, 0.1) is 0 Å². The average molecular weight is 1770 g/mol. The second-order valence-electron chi connectivity index (χ2n) is 29.7. The van der Waals surface area contributed by atoms with Crippen LogP contribution in [0.2, 0.25) is 0 Å². The first-order valence-electron chi connectivity index (χ1n) is 39.7. The van der Waals surface area contributed by atoms with Gasteiger partial charge in [-0.1, -0.05) is 421 Å². The zero-order valence-electron chi connectivity index (χ0n) is 65.2. The maximum absolute atomic E-state index is 5.22. The highest BCUT2D eigenvalue weighted by Gasteiger charge is 2.19. The normalized spacial score (nSPS) is 14.2. The van der Waals surface area contributed by atoms with Gasteiger partial charge < -0.3 is 0 Å². The van der Waals surface area contributed by atoms with Crippen molar-refractivity contribution in [3.8, 4) is 135 Å². The van der Waals surface area contributed by atoms with E-state index in [9.17, 15) is 0 Å². The molecule has 54 heterocycles. The topological polar surface area (TPSA) is 77.3 Å². The summed E-state index contributed by atoms with van der Waals surface area (Å²) in [6.45, 7) is 0. The quantitative estimate of drug-likeness (QED) is 0.135. The van der Waals surface area contributed by atoms with Gasteiger partial charge in [-0.25, -0.2) is 29.9 Å². The predicted molar refractivity (Wildman–Crippen MR) is 533 cm³/mol. The molecule has 52 aliphatic heterocycles. The van der Waals surface area contributed by atoms with E-state index < -0.39 is 0 Å². The fraction of sp³-hybridized carbons (Fsp3) is 0.118. The van der Waals surface area contributed by atoms with Gasteiger partial charge in [-0.3, -0.25) is 0 Å². The minimum absolute atomic E-state index is 0.644. The smallest absolute Gasteiger partial charge is 0.164 e. The molecule has 16 aromatic rings. The van der Waals surface area contributed by atoms with E-state index in [0.29, 0.717) is 34.9 Å². The van der Waals surface area contributed by atoms with Gasteiger partial charge in [0, 0.05) is 102 Å². The van der Waals surface area contributed by atoms with E-state index in [-0.39, 0.29) is 0 Å². The van der Waals surface area contributed by atoms with E-state index in [0.717, 1.165) is 102 Å². The van der Waals surface area contributed by atoms with Crippen LogP contribution in [0.3, 0.4) is 0 Å². The molecule has 14 aromatic carbocycles. The van der Waals surface area contributed by atoms with Crippen molar-refractivity contribution in [3.63, 3.8) is 0 Å². The number of hydrogen-bond donors (Lipinski definition) is 0. The molecule has 0 atom stereocenters. The molecule has 120 heavy (non-hydrogen) atoms. The van der Waals surface area contributed by atoms with Crippen LogP contribution in [0.15, 0.2) is 328 Å². The number of rotatable bonds is 0. The Morgan fingerprint density at radius 3 is 0.300 bits per heavy atom. The van der Waals surface area contributed by atoms with Crippen molar-refractivity contribution in [2.24, 2.45) is 0 Å². The third-order valence-electron chi connectivity index (χ3n) is 21.3.